The molecule has 0 saturated carbocycles. The first-order valence-electron chi connectivity index (χ1n) is 4.84. The van der Waals surface area contributed by atoms with E-state index in [1.165, 1.54) is 6.07 Å². The molecule has 3 aromatic rings. The van der Waals surface area contributed by atoms with Crippen molar-refractivity contribution in [3.63, 3.8) is 0 Å². The van der Waals surface area contributed by atoms with Crippen LogP contribution in [0.3, 0.4) is 0 Å². The van der Waals surface area contributed by atoms with E-state index in [0.29, 0.717) is 5.58 Å². The van der Waals surface area contributed by atoms with E-state index < -0.39 is 0 Å². The van der Waals surface area contributed by atoms with Crippen molar-refractivity contribution in [2.24, 2.45) is 0 Å². The number of hydrogen-bond acceptors (Lipinski definition) is 1. The number of rotatable bonds is 0. The highest BCUT2D eigenvalue weighted by atomic mass is 19.1. The van der Waals surface area contributed by atoms with Gasteiger partial charge in [0.2, 0.25) is 0 Å². The lowest BCUT2D eigenvalue weighted by Gasteiger charge is -1.93. The molecular weight excluding hydrogens is 190 g/mol. The van der Waals surface area contributed by atoms with Gasteiger partial charge in [0.25, 0.3) is 0 Å². The molecule has 0 aliphatic carbocycles. The monoisotopic (exact) mass is 198 g/mol. The van der Waals surface area contributed by atoms with Crippen LogP contribution in [0.2, 0.25) is 0 Å². The molecule has 0 atom stereocenters. The molecule has 15 heavy (non-hydrogen) atoms. The van der Waals surface area contributed by atoms with E-state index in [0.717, 1.165) is 21.8 Å². The van der Waals surface area contributed by atoms with E-state index in [4.69, 9.17) is 4.42 Å². The van der Waals surface area contributed by atoms with Crippen LogP contribution >= 0.6 is 0 Å². The predicted octanol–water partition coefficient (Wildman–Crippen LogP) is 1.98. The van der Waals surface area contributed by atoms with Crippen LogP contribution < -0.4 is 5.46 Å². The van der Waals surface area contributed by atoms with Crippen molar-refractivity contribution in [3.05, 3.63) is 42.2 Å². The molecule has 0 bridgehead atoms. The van der Waals surface area contributed by atoms with Crippen molar-refractivity contribution >= 4 is 35.2 Å². The van der Waals surface area contributed by atoms with Gasteiger partial charge in [0, 0.05) is 10.8 Å². The van der Waals surface area contributed by atoms with Gasteiger partial charge in [-0.2, -0.15) is 0 Å². The molecule has 0 N–H and O–H groups in total. The van der Waals surface area contributed by atoms with Gasteiger partial charge in [-0.25, -0.2) is 4.39 Å². The van der Waals surface area contributed by atoms with E-state index in [-0.39, 0.29) is 5.82 Å². The summed E-state index contributed by atoms with van der Waals surface area (Å²) >= 11 is 0. The molecule has 1 heterocycles. The Morgan fingerprint density at radius 3 is 2.73 bits per heavy atom. The molecule has 0 radical (unpaired) electrons. The maximum atomic E-state index is 13.5. The van der Waals surface area contributed by atoms with Gasteiger partial charge < -0.3 is 4.42 Å². The molecule has 0 fully saturated rings. The summed E-state index contributed by atoms with van der Waals surface area (Å²) in [6.07, 6.45) is 0. The number of benzene rings is 2. The Hall–Kier alpha value is -1.77. The van der Waals surface area contributed by atoms with Gasteiger partial charge in [0.15, 0.2) is 11.4 Å². The Balaban J connectivity index is 2.65. The zero-order chi connectivity index (χ0) is 10.4. The lowest BCUT2D eigenvalue weighted by Crippen LogP contribution is -2.01. The van der Waals surface area contributed by atoms with E-state index in [1.807, 2.05) is 32.1 Å². The van der Waals surface area contributed by atoms with Gasteiger partial charge in [0.05, 0.1) is 0 Å². The molecule has 0 unspecified atom stereocenters. The molecule has 1 nitrogen and oxygen atoms in total. The van der Waals surface area contributed by atoms with Gasteiger partial charge in [-0.1, -0.05) is 29.7 Å². The van der Waals surface area contributed by atoms with Crippen molar-refractivity contribution in [1.82, 2.24) is 0 Å². The van der Waals surface area contributed by atoms with E-state index >= 15 is 0 Å². The highest BCUT2D eigenvalue weighted by Crippen LogP contribution is 2.28. The van der Waals surface area contributed by atoms with Crippen LogP contribution in [0.5, 0.6) is 0 Å². The zero-order valence-corrected chi connectivity index (χ0v) is 8.25. The van der Waals surface area contributed by atoms with E-state index in [1.54, 1.807) is 6.07 Å². The highest BCUT2D eigenvalue weighted by Gasteiger charge is 2.10. The standard InChI is InChI=1S/C12H8BFO/c13-8-4-2-6-10-11(8)7-3-1-5-9(14)12(7)15-10/h1-6H,13H2. The molecule has 72 valence electrons. The van der Waals surface area contributed by atoms with Crippen molar-refractivity contribution in [3.8, 4) is 0 Å². The Bertz CT molecular complexity index is 657. The first kappa shape index (κ1) is 8.54. The number of fused-ring (bicyclic) bond motifs is 3. The average molecular weight is 198 g/mol. The maximum absolute atomic E-state index is 13.5. The van der Waals surface area contributed by atoms with Crippen molar-refractivity contribution in [1.29, 1.82) is 0 Å². The maximum Gasteiger partial charge on any atom is 0.171 e. The third kappa shape index (κ3) is 1.09. The summed E-state index contributed by atoms with van der Waals surface area (Å²) in [5, 5.41) is 1.86. The fourth-order valence-corrected chi connectivity index (χ4v) is 1.99. The molecule has 3 heteroatoms. The third-order valence-corrected chi connectivity index (χ3v) is 2.68. The molecule has 0 amide bonds. The second-order valence-electron chi connectivity index (χ2n) is 3.67. The minimum absolute atomic E-state index is 0.303. The molecule has 0 saturated heterocycles. The Labute approximate surface area is 86.9 Å². The van der Waals surface area contributed by atoms with Crippen LogP contribution in [0.15, 0.2) is 40.8 Å². The molecule has 2 aromatic carbocycles. The summed E-state index contributed by atoms with van der Waals surface area (Å²) in [6, 6.07) is 10.8. The topological polar surface area (TPSA) is 13.1 Å². The smallest absolute Gasteiger partial charge is 0.171 e. The van der Waals surface area contributed by atoms with Crippen LogP contribution in [0, 0.1) is 5.82 Å². The summed E-state index contributed by atoms with van der Waals surface area (Å²) in [4.78, 5) is 0. The minimum atomic E-state index is -0.303. The number of hydrogen-bond donors (Lipinski definition) is 0. The number of furan rings is 1. The first-order valence-corrected chi connectivity index (χ1v) is 4.84. The fourth-order valence-electron chi connectivity index (χ4n) is 1.99. The lowest BCUT2D eigenvalue weighted by atomic mass is 9.91. The molecule has 3 rings (SSSR count). The van der Waals surface area contributed by atoms with Crippen LogP contribution in [0.1, 0.15) is 0 Å². The van der Waals surface area contributed by atoms with Crippen molar-refractivity contribution in [2.45, 2.75) is 0 Å². The van der Waals surface area contributed by atoms with E-state index in [2.05, 4.69) is 0 Å². The fraction of sp³-hybridized carbons (Fsp3) is 0. The second-order valence-corrected chi connectivity index (χ2v) is 3.67. The molecular formula is C12H8BFO. The zero-order valence-electron chi connectivity index (χ0n) is 8.25. The SMILES string of the molecule is Bc1cccc2oc3c(F)cccc3c12. The molecule has 1 aromatic heterocycles. The van der Waals surface area contributed by atoms with Gasteiger partial charge in [-0.3, -0.25) is 0 Å². The summed E-state index contributed by atoms with van der Waals surface area (Å²) in [5.74, 6) is -0.303. The summed E-state index contributed by atoms with van der Waals surface area (Å²) in [6.45, 7) is 0. The summed E-state index contributed by atoms with van der Waals surface area (Å²) in [5.41, 5.74) is 2.20. The molecule has 0 aliphatic rings. The number of halogens is 1. The van der Waals surface area contributed by atoms with Gasteiger partial charge in [0.1, 0.15) is 13.4 Å². The largest absolute Gasteiger partial charge is 0.453 e. The minimum Gasteiger partial charge on any atom is -0.453 e. The predicted molar refractivity (Wildman–Crippen MR) is 61.9 cm³/mol. The first-order chi connectivity index (χ1) is 7.27. The Morgan fingerprint density at radius 1 is 1.07 bits per heavy atom. The van der Waals surface area contributed by atoms with Gasteiger partial charge >= 0.3 is 0 Å². The van der Waals surface area contributed by atoms with Crippen molar-refractivity contribution < 1.29 is 8.81 Å². The number of para-hydroxylation sites is 1. The Morgan fingerprint density at radius 2 is 1.87 bits per heavy atom. The van der Waals surface area contributed by atoms with Crippen molar-refractivity contribution in [2.75, 3.05) is 0 Å². The normalized spacial score (nSPS) is 11.3. The summed E-state index contributed by atoms with van der Waals surface area (Å²) < 4.78 is 19.0. The lowest BCUT2D eigenvalue weighted by molar-refractivity contribution is 0.584. The van der Waals surface area contributed by atoms with Crippen LogP contribution in [0.25, 0.3) is 21.9 Å². The van der Waals surface area contributed by atoms with Gasteiger partial charge in [-0.15, -0.1) is 0 Å². The second kappa shape index (κ2) is 2.86. The van der Waals surface area contributed by atoms with Crippen LogP contribution in [-0.4, -0.2) is 7.85 Å². The molecule has 0 spiro atoms. The third-order valence-electron chi connectivity index (χ3n) is 2.68. The van der Waals surface area contributed by atoms with Crippen LogP contribution in [0.4, 0.5) is 4.39 Å². The van der Waals surface area contributed by atoms with E-state index in [9.17, 15) is 4.39 Å². The summed E-state index contributed by atoms with van der Waals surface area (Å²) in [7, 11) is 2.00. The van der Waals surface area contributed by atoms with Crippen LogP contribution in [-0.2, 0) is 0 Å². The molecule has 0 aliphatic heterocycles. The van der Waals surface area contributed by atoms with Gasteiger partial charge in [-0.05, 0) is 12.1 Å². The Kier molecular flexibility index (Phi) is 1.63. The highest BCUT2D eigenvalue weighted by molar-refractivity contribution is 6.41. The quantitative estimate of drug-likeness (QED) is 0.503. The average Bonchev–Trinajstić information content (AvgIpc) is 2.59.